The van der Waals surface area contributed by atoms with Crippen LogP contribution in [0, 0.1) is 12.8 Å². The van der Waals surface area contributed by atoms with Crippen LogP contribution in [0.4, 0.5) is 0 Å². The van der Waals surface area contributed by atoms with Crippen LogP contribution in [0.3, 0.4) is 0 Å². The maximum Gasteiger partial charge on any atom is 0.0595 e. The maximum absolute atomic E-state index is 6.02. The second-order valence-electron chi connectivity index (χ2n) is 4.26. The van der Waals surface area contributed by atoms with Gasteiger partial charge in [0.2, 0.25) is 0 Å². The van der Waals surface area contributed by atoms with Crippen molar-refractivity contribution in [1.29, 1.82) is 0 Å². The molecule has 0 saturated carbocycles. The molecule has 1 fully saturated rings. The van der Waals surface area contributed by atoms with E-state index >= 15 is 0 Å². The number of hydrogen-bond acceptors (Lipinski definition) is 1. The summed E-state index contributed by atoms with van der Waals surface area (Å²) in [5, 5.41) is 4.70. The molecule has 1 aliphatic rings. The summed E-state index contributed by atoms with van der Waals surface area (Å²) < 4.78 is 0. The molecule has 0 amide bonds. The van der Waals surface area contributed by atoms with E-state index in [9.17, 15) is 0 Å². The van der Waals surface area contributed by atoms with Gasteiger partial charge in [0, 0.05) is 0 Å². The minimum atomic E-state index is 0.655. The first-order valence-corrected chi connectivity index (χ1v) is 6.07. The predicted molar refractivity (Wildman–Crippen MR) is 65.9 cm³/mol. The van der Waals surface area contributed by atoms with Gasteiger partial charge in [-0.1, -0.05) is 23.2 Å². The highest BCUT2D eigenvalue weighted by Gasteiger charge is 2.16. The van der Waals surface area contributed by atoms with Crippen LogP contribution >= 0.6 is 23.2 Å². The van der Waals surface area contributed by atoms with Gasteiger partial charge in [-0.2, -0.15) is 0 Å². The molecule has 0 radical (unpaired) electrons. The Morgan fingerprint density at radius 1 is 1.33 bits per heavy atom. The molecule has 1 aliphatic heterocycles. The van der Waals surface area contributed by atoms with E-state index in [4.69, 9.17) is 23.2 Å². The lowest BCUT2D eigenvalue weighted by Crippen LogP contribution is -2.11. The highest BCUT2D eigenvalue weighted by atomic mass is 35.5. The molecule has 1 aromatic rings. The third-order valence-corrected chi connectivity index (χ3v) is 3.77. The first kappa shape index (κ1) is 11.3. The number of rotatable bonds is 2. The molecule has 1 saturated heterocycles. The summed E-state index contributed by atoms with van der Waals surface area (Å²) in [6.45, 7) is 4.37. The summed E-state index contributed by atoms with van der Waals surface area (Å²) in [5.74, 6) is 0.751. The molecule has 82 valence electrons. The van der Waals surface area contributed by atoms with Gasteiger partial charge in [-0.3, -0.25) is 0 Å². The highest BCUT2D eigenvalue weighted by Crippen LogP contribution is 2.27. The van der Waals surface area contributed by atoms with Crippen LogP contribution in [-0.4, -0.2) is 13.1 Å². The van der Waals surface area contributed by atoms with Gasteiger partial charge in [-0.05, 0) is 62.0 Å². The van der Waals surface area contributed by atoms with Gasteiger partial charge in [0.25, 0.3) is 0 Å². The fraction of sp³-hybridized carbons (Fsp3) is 0.500. The molecule has 0 bridgehead atoms. The van der Waals surface area contributed by atoms with E-state index < -0.39 is 0 Å². The molecule has 15 heavy (non-hydrogen) atoms. The molecule has 1 nitrogen and oxygen atoms in total. The first-order valence-electron chi connectivity index (χ1n) is 5.32. The Bertz CT molecular complexity index is 357. The second kappa shape index (κ2) is 4.73. The topological polar surface area (TPSA) is 12.0 Å². The average molecular weight is 244 g/mol. The molecular formula is C12H15Cl2N. The lowest BCUT2D eigenvalue weighted by atomic mass is 9.95. The van der Waals surface area contributed by atoms with E-state index in [-0.39, 0.29) is 0 Å². The molecular weight excluding hydrogens is 229 g/mol. The van der Waals surface area contributed by atoms with E-state index in [1.807, 2.05) is 12.1 Å². The van der Waals surface area contributed by atoms with Crippen molar-refractivity contribution < 1.29 is 0 Å². The maximum atomic E-state index is 6.02. The lowest BCUT2D eigenvalue weighted by molar-refractivity contribution is 0.578. The summed E-state index contributed by atoms with van der Waals surface area (Å²) in [5.41, 5.74) is 2.58. The monoisotopic (exact) mass is 243 g/mol. The molecule has 1 heterocycles. The first-order chi connectivity index (χ1) is 7.16. The third kappa shape index (κ3) is 2.66. The summed E-state index contributed by atoms with van der Waals surface area (Å²) in [7, 11) is 0. The Morgan fingerprint density at radius 2 is 2.07 bits per heavy atom. The molecule has 1 N–H and O–H groups in total. The van der Waals surface area contributed by atoms with Gasteiger partial charge in [0.1, 0.15) is 0 Å². The van der Waals surface area contributed by atoms with Crippen LogP contribution < -0.4 is 5.32 Å². The standard InChI is InChI=1S/C12H15Cl2N/c1-8-4-11(13)12(14)6-10(8)5-9-2-3-15-7-9/h4,6,9,15H,2-3,5,7H2,1H3. The van der Waals surface area contributed by atoms with Crippen LogP contribution in [0.15, 0.2) is 12.1 Å². The van der Waals surface area contributed by atoms with Crippen molar-refractivity contribution >= 4 is 23.2 Å². The molecule has 2 rings (SSSR count). The van der Waals surface area contributed by atoms with Crippen LogP contribution in [0.1, 0.15) is 17.5 Å². The van der Waals surface area contributed by atoms with Crippen molar-refractivity contribution in [3.05, 3.63) is 33.3 Å². The van der Waals surface area contributed by atoms with Crippen LogP contribution in [0.25, 0.3) is 0 Å². The zero-order valence-electron chi connectivity index (χ0n) is 8.82. The molecule has 0 spiro atoms. The van der Waals surface area contributed by atoms with Crippen molar-refractivity contribution in [1.82, 2.24) is 5.32 Å². The van der Waals surface area contributed by atoms with Crippen LogP contribution in [0.2, 0.25) is 10.0 Å². The normalized spacial score (nSPS) is 20.9. The van der Waals surface area contributed by atoms with Gasteiger partial charge in [-0.15, -0.1) is 0 Å². The Hall–Kier alpha value is -0.240. The van der Waals surface area contributed by atoms with E-state index in [0.717, 1.165) is 25.4 Å². The molecule has 0 aromatic heterocycles. The second-order valence-corrected chi connectivity index (χ2v) is 5.07. The average Bonchev–Trinajstić information content (AvgIpc) is 2.67. The van der Waals surface area contributed by atoms with E-state index in [2.05, 4.69) is 12.2 Å². The van der Waals surface area contributed by atoms with E-state index in [1.165, 1.54) is 17.5 Å². The third-order valence-electron chi connectivity index (χ3n) is 3.05. The molecule has 0 aliphatic carbocycles. The van der Waals surface area contributed by atoms with Gasteiger partial charge >= 0.3 is 0 Å². The van der Waals surface area contributed by atoms with Gasteiger partial charge < -0.3 is 5.32 Å². The molecule has 1 aromatic carbocycles. The Balaban J connectivity index is 2.16. The predicted octanol–water partition coefficient (Wildman–Crippen LogP) is 3.45. The van der Waals surface area contributed by atoms with Crippen molar-refractivity contribution in [2.75, 3.05) is 13.1 Å². The summed E-state index contributed by atoms with van der Waals surface area (Å²) >= 11 is 12.0. The lowest BCUT2D eigenvalue weighted by Gasteiger charge is -2.12. The molecule has 1 atom stereocenters. The number of hydrogen-bond donors (Lipinski definition) is 1. The SMILES string of the molecule is Cc1cc(Cl)c(Cl)cc1CC1CCNC1. The number of benzene rings is 1. The largest absolute Gasteiger partial charge is 0.316 e. The molecule has 1 unspecified atom stereocenters. The van der Waals surface area contributed by atoms with Crippen molar-refractivity contribution in [3.63, 3.8) is 0 Å². The Morgan fingerprint density at radius 3 is 2.73 bits per heavy atom. The van der Waals surface area contributed by atoms with E-state index in [1.54, 1.807) is 0 Å². The molecule has 3 heteroatoms. The van der Waals surface area contributed by atoms with Gasteiger partial charge in [0.15, 0.2) is 0 Å². The van der Waals surface area contributed by atoms with Crippen LogP contribution in [0.5, 0.6) is 0 Å². The summed E-state index contributed by atoms with van der Waals surface area (Å²) in [6, 6.07) is 3.97. The van der Waals surface area contributed by atoms with Crippen molar-refractivity contribution in [2.45, 2.75) is 19.8 Å². The highest BCUT2D eigenvalue weighted by molar-refractivity contribution is 6.42. The fourth-order valence-electron chi connectivity index (χ4n) is 2.11. The number of aryl methyl sites for hydroxylation is 1. The Labute approximate surface area is 101 Å². The summed E-state index contributed by atoms with van der Waals surface area (Å²) in [6.07, 6.45) is 2.37. The van der Waals surface area contributed by atoms with Crippen LogP contribution in [-0.2, 0) is 6.42 Å². The van der Waals surface area contributed by atoms with Crippen molar-refractivity contribution in [2.24, 2.45) is 5.92 Å². The zero-order valence-corrected chi connectivity index (χ0v) is 10.3. The van der Waals surface area contributed by atoms with Crippen molar-refractivity contribution in [3.8, 4) is 0 Å². The summed E-state index contributed by atoms with van der Waals surface area (Å²) in [4.78, 5) is 0. The Kier molecular flexibility index (Phi) is 3.55. The van der Waals surface area contributed by atoms with Gasteiger partial charge in [0.05, 0.1) is 10.0 Å². The fourth-order valence-corrected chi connectivity index (χ4v) is 2.51. The number of halogens is 2. The minimum Gasteiger partial charge on any atom is -0.316 e. The smallest absolute Gasteiger partial charge is 0.0595 e. The van der Waals surface area contributed by atoms with Gasteiger partial charge in [-0.25, -0.2) is 0 Å². The quantitative estimate of drug-likeness (QED) is 0.840. The number of nitrogens with one attached hydrogen (secondary N) is 1. The van der Waals surface area contributed by atoms with E-state index in [0.29, 0.717) is 10.0 Å². The zero-order chi connectivity index (χ0) is 10.8. The minimum absolute atomic E-state index is 0.655.